The minimum absolute atomic E-state index is 0.288. The summed E-state index contributed by atoms with van der Waals surface area (Å²) in [4.78, 5) is 0. The Bertz CT molecular complexity index is 877. The van der Waals surface area contributed by atoms with E-state index >= 15 is 0 Å². The number of hydrogen-bond donors (Lipinski definition) is 0. The third kappa shape index (κ3) is 6.13. The van der Waals surface area contributed by atoms with E-state index in [0.717, 1.165) is 18.2 Å². The van der Waals surface area contributed by atoms with Crippen LogP contribution in [0.5, 0.6) is 5.75 Å². The van der Waals surface area contributed by atoms with E-state index in [2.05, 4.69) is 0 Å². The number of rotatable bonds is 6. The molecule has 19 heteroatoms. The summed E-state index contributed by atoms with van der Waals surface area (Å²) in [5, 5.41) is 12.6. The maximum absolute atomic E-state index is 12.6. The predicted molar refractivity (Wildman–Crippen MR) is 152 cm³/mol. The van der Waals surface area contributed by atoms with Crippen molar-refractivity contribution in [2.75, 3.05) is 0 Å². The van der Waals surface area contributed by atoms with E-state index in [4.69, 9.17) is 209 Å². The second-order valence-corrected chi connectivity index (χ2v) is 18.7. The van der Waals surface area contributed by atoms with Crippen LogP contribution >= 0.6 is 209 Å². The molecule has 33 heavy (non-hydrogen) atoms. The molecule has 0 aliphatic heterocycles. The Balaban J connectivity index is 3.80. The van der Waals surface area contributed by atoms with E-state index in [9.17, 15) is 5.11 Å². The van der Waals surface area contributed by atoms with Crippen LogP contribution in [-0.4, -0.2) is 24.9 Å². The lowest BCUT2D eigenvalue weighted by molar-refractivity contribution is 0.346. The molecule has 1 nitrogen and oxygen atoms in total. The fraction of sp³-hybridized carbons (Fsp3) is 0.571. The van der Waals surface area contributed by atoms with Crippen molar-refractivity contribution < 1.29 is 5.11 Å². The first-order valence-corrected chi connectivity index (χ1v) is 14.1. The highest BCUT2D eigenvalue weighted by atomic mass is 35.6. The van der Waals surface area contributed by atoms with Crippen molar-refractivity contribution in [2.45, 2.75) is 33.6 Å². The fourth-order valence-corrected chi connectivity index (χ4v) is 6.54. The number of alkyl halides is 18. The molecule has 0 spiro atoms. The van der Waals surface area contributed by atoms with Crippen LogP contribution in [0.3, 0.4) is 0 Å². The lowest BCUT2D eigenvalue weighted by atomic mass is 9.98. The van der Waals surface area contributed by atoms with Gasteiger partial charge >= 0.3 is 0 Å². The Morgan fingerprint density at radius 2 is 0.788 bits per heavy atom. The van der Waals surface area contributed by atoms with Crippen LogP contribution in [0.4, 0.5) is 0 Å². The largest absolute Gasteiger partial charge is 0.290 e. The zero-order valence-corrected chi connectivity index (χ0v) is 28.1. The SMILES string of the molecule is [O]c1ccc(C(Cl)(Cl)C(Cl)(Cl)C(Cl)(Cl)C(Cl)(Cl)Cl)cc1C(Cl)(Cl)C(Cl)(Cl)C(Cl)(Cl)C(Cl)(Cl)Cl. The highest BCUT2D eigenvalue weighted by Crippen LogP contribution is 2.68. The molecule has 0 saturated heterocycles. The summed E-state index contributed by atoms with van der Waals surface area (Å²) in [5.74, 6) is -0.869. The van der Waals surface area contributed by atoms with E-state index in [0.29, 0.717) is 0 Å². The molecule has 0 aromatic heterocycles. The van der Waals surface area contributed by atoms with Gasteiger partial charge in [-0.3, -0.25) is 5.11 Å². The molecule has 0 aliphatic carbocycles. The summed E-state index contributed by atoms with van der Waals surface area (Å²) in [6.45, 7) is 0. The minimum Gasteiger partial charge on any atom is -0.290 e. The molecular weight excluding hydrogens is 822 g/mol. The Morgan fingerprint density at radius 1 is 0.455 bits per heavy atom. The van der Waals surface area contributed by atoms with E-state index in [1.807, 2.05) is 0 Å². The van der Waals surface area contributed by atoms with Crippen LogP contribution in [0, 0.1) is 0 Å². The smallest absolute Gasteiger partial charge is 0.226 e. The van der Waals surface area contributed by atoms with Gasteiger partial charge in [-0.1, -0.05) is 215 Å². The Kier molecular flexibility index (Phi) is 11.7. The molecule has 0 fully saturated rings. The van der Waals surface area contributed by atoms with Crippen LogP contribution in [0.1, 0.15) is 11.1 Å². The quantitative estimate of drug-likeness (QED) is 0.255. The van der Waals surface area contributed by atoms with Gasteiger partial charge in [0.05, 0.1) is 0 Å². The molecule has 0 aliphatic rings. The summed E-state index contributed by atoms with van der Waals surface area (Å²) >= 11 is 109. The predicted octanol–water partition coefficient (Wildman–Crippen LogP) is 12.5. The molecule has 0 unspecified atom stereocenters. The van der Waals surface area contributed by atoms with Gasteiger partial charge in [-0.15, -0.1) is 0 Å². The molecule has 0 heterocycles. The lowest BCUT2D eigenvalue weighted by Crippen LogP contribution is -2.55. The number of hydrogen-bond acceptors (Lipinski definition) is 0. The zero-order chi connectivity index (χ0) is 26.9. The maximum atomic E-state index is 12.6. The van der Waals surface area contributed by atoms with E-state index in [1.54, 1.807) is 0 Å². The van der Waals surface area contributed by atoms with Crippen molar-refractivity contribution in [3.63, 3.8) is 0 Å². The molecule has 1 aromatic rings. The molecule has 1 rings (SSSR count). The van der Waals surface area contributed by atoms with E-state index in [-0.39, 0.29) is 5.56 Å². The van der Waals surface area contributed by atoms with Gasteiger partial charge in [0.1, 0.15) is 0 Å². The van der Waals surface area contributed by atoms with Crippen LogP contribution in [0.2, 0.25) is 0 Å². The van der Waals surface area contributed by atoms with Crippen molar-refractivity contribution in [3.05, 3.63) is 29.3 Å². The van der Waals surface area contributed by atoms with Crippen molar-refractivity contribution >= 4 is 209 Å². The summed E-state index contributed by atoms with van der Waals surface area (Å²) < 4.78 is -21.0. The van der Waals surface area contributed by atoms with Crippen LogP contribution < -0.4 is 0 Å². The standard InChI is InChI=1S/C14H3Cl18O/c15-7(16,9(19,20)11(23,24)13(27,28)29)4-1-2-6(33)5(3-4)8(17,18)10(21,22)12(25,26)14(30,31)32/h1-3H. The third-order valence-corrected chi connectivity index (χ3v) is 14.9. The fourth-order valence-electron chi connectivity index (χ4n) is 2.07. The van der Waals surface area contributed by atoms with Gasteiger partial charge in [0, 0.05) is 5.56 Å². The summed E-state index contributed by atoms with van der Waals surface area (Å²) in [7, 11) is 0. The Labute approximate surface area is 279 Å². The molecular formula is C14H3Cl18O. The van der Waals surface area contributed by atoms with Crippen molar-refractivity contribution in [3.8, 4) is 5.75 Å². The molecule has 1 radical (unpaired) electrons. The maximum Gasteiger partial charge on any atom is 0.226 e. The average Bonchev–Trinajstić information content (AvgIpc) is 2.59. The lowest BCUT2D eigenvalue weighted by Gasteiger charge is -2.45. The summed E-state index contributed by atoms with van der Waals surface area (Å²) in [5.41, 5.74) is -0.893. The van der Waals surface area contributed by atoms with Crippen molar-refractivity contribution in [2.24, 2.45) is 0 Å². The molecule has 0 amide bonds. The van der Waals surface area contributed by atoms with Gasteiger partial charge in [0.15, 0.2) is 23.1 Å². The van der Waals surface area contributed by atoms with Gasteiger partial charge in [0.25, 0.3) is 0 Å². The second-order valence-electron chi connectivity index (χ2n) is 6.15. The van der Waals surface area contributed by atoms with Crippen LogP contribution in [-0.2, 0) is 13.8 Å². The second kappa shape index (κ2) is 10.9. The molecule has 0 N–H and O–H groups in total. The normalized spacial score (nSPS) is 15.7. The number of benzene rings is 1. The minimum atomic E-state index is -2.77. The van der Waals surface area contributed by atoms with Crippen molar-refractivity contribution in [1.82, 2.24) is 0 Å². The molecule has 0 bridgehead atoms. The first-order chi connectivity index (χ1) is 14.1. The monoisotopic (exact) mass is 816 g/mol. The average molecular weight is 825 g/mol. The topological polar surface area (TPSA) is 19.9 Å². The van der Waals surface area contributed by atoms with Crippen molar-refractivity contribution in [1.29, 1.82) is 0 Å². The zero-order valence-electron chi connectivity index (χ0n) is 14.4. The highest BCUT2D eigenvalue weighted by molar-refractivity contribution is 6.81. The van der Waals surface area contributed by atoms with E-state index in [1.165, 1.54) is 0 Å². The third-order valence-electron chi connectivity index (χ3n) is 3.97. The Morgan fingerprint density at radius 3 is 1.12 bits per heavy atom. The van der Waals surface area contributed by atoms with Gasteiger partial charge < -0.3 is 0 Å². The van der Waals surface area contributed by atoms with Gasteiger partial charge in [-0.25, -0.2) is 0 Å². The van der Waals surface area contributed by atoms with Gasteiger partial charge in [-0.2, -0.15) is 0 Å². The first-order valence-electron chi connectivity index (χ1n) is 7.34. The summed E-state index contributed by atoms with van der Waals surface area (Å²) in [6.07, 6.45) is 0. The Hall–Kier alpha value is 4.24. The number of halogens is 18. The summed E-state index contributed by atoms with van der Waals surface area (Å²) in [6, 6.07) is 2.84. The molecule has 1 aromatic carbocycles. The molecule has 0 saturated carbocycles. The van der Waals surface area contributed by atoms with Crippen LogP contribution in [0.15, 0.2) is 18.2 Å². The molecule has 0 atom stereocenters. The van der Waals surface area contributed by atoms with Gasteiger partial charge in [0.2, 0.25) is 16.3 Å². The van der Waals surface area contributed by atoms with Crippen LogP contribution in [0.25, 0.3) is 0 Å². The molecule has 191 valence electrons. The highest BCUT2D eigenvalue weighted by Gasteiger charge is 2.70. The van der Waals surface area contributed by atoms with Gasteiger partial charge in [-0.05, 0) is 17.7 Å². The first kappa shape index (κ1) is 35.3. The van der Waals surface area contributed by atoms with E-state index < -0.39 is 44.9 Å².